The molecule has 0 spiro atoms. The first-order valence-corrected chi connectivity index (χ1v) is 10.6. The van der Waals surface area contributed by atoms with E-state index in [0.717, 1.165) is 33.4 Å². The van der Waals surface area contributed by atoms with Crippen molar-refractivity contribution in [2.24, 2.45) is 5.92 Å². The molecule has 1 atom stereocenters. The maximum atomic E-state index is 11.2. The van der Waals surface area contributed by atoms with Gasteiger partial charge in [-0.05, 0) is 47.4 Å². The Bertz CT molecular complexity index is 1330. The summed E-state index contributed by atoms with van der Waals surface area (Å²) in [6.07, 6.45) is 8.08. The van der Waals surface area contributed by atoms with Crippen LogP contribution in [-0.2, 0) is 6.54 Å². The van der Waals surface area contributed by atoms with Crippen molar-refractivity contribution in [2.45, 2.75) is 13.5 Å². The van der Waals surface area contributed by atoms with Crippen molar-refractivity contribution in [3.63, 3.8) is 0 Å². The standard InChI is InChI=1S/C23H21ClN6O2/c1-15-11-29(23(31)32)7-5-19(15)17-9-20(24)21(26-10-17)12-28-6-4-16-8-18(2-3-22(16)28)30-14-25-13-27-30/h2-6,8-10,13-15H,7,11-12H2,1H3,(H,31,32). The molecule has 8 nitrogen and oxygen atoms in total. The van der Waals surface area contributed by atoms with Gasteiger partial charge in [-0.25, -0.2) is 14.5 Å². The van der Waals surface area contributed by atoms with E-state index in [2.05, 4.69) is 37.8 Å². The Hall–Kier alpha value is -3.65. The fourth-order valence-electron chi connectivity index (χ4n) is 4.18. The maximum Gasteiger partial charge on any atom is 0.407 e. The molecule has 162 valence electrons. The molecule has 0 aliphatic carbocycles. The van der Waals surface area contributed by atoms with Crippen LogP contribution in [0.5, 0.6) is 0 Å². The number of aromatic nitrogens is 5. The number of carboxylic acid groups (broad SMARTS) is 1. The van der Waals surface area contributed by atoms with Gasteiger partial charge in [0.25, 0.3) is 0 Å². The summed E-state index contributed by atoms with van der Waals surface area (Å²) in [5.41, 5.74) is 4.82. The van der Waals surface area contributed by atoms with E-state index in [1.54, 1.807) is 11.0 Å². The minimum Gasteiger partial charge on any atom is -0.465 e. The molecule has 32 heavy (non-hydrogen) atoms. The largest absolute Gasteiger partial charge is 0.465 e. The second-order valence-corrected chi connectivity index (χ2v) is 8.33. The highest BCUT2D eigenvalue weighted by atomic mass is 35.5. The lowest BCUT2D eigenvalue weighted by atomic mass is 9.91. The number of benzene rings is 1. The molecule has 1 aliphatic rings. The molecule has 4 heterocycles. The van der Waals surface area contributed by atoms with Gasteiger partial charge in [0.05, 0.1) is 22.9 Å². The van der Waals surface area contributed by atoms with E-state index < -0.39 is 6.09 Å². The second kappa shape index (κ2) is 8.12. The average Bonchev–Trinajstić information content (AvgIpc) is 3.45. The summed E-state index contributed by atoms with van der Waals surface area (Å²) in [6.45, 7) is 3.40. The van der Waals surface area contributed by atoms with Crippen molar-refractivity contribution >= 4 is 34.2 Å². The number of pyridine rings is 1. The second-order valence-electron chi connectivity index (χ2n) is 7.93. The molecule has 1 unspecified atom stereocenters. The summed E-state index contributed by atoms with van der Waals surface area (Å²) in [5, 5.41) is 15.1. The molecule has 0 saturated carbocycles. The van der Waals surface area contributed by atoms with Crippen LogP contribution in [0.3, 0.4) is 0 Å². The lowest BCUT2D eigenvalue weighted by Gasteiger charge is -2.29. The van der Waals surface area contributed by atoms with Crippen LogP contribution in [0.25, 0.3) is 22.2 Å². The van der Waals surface area contributed by atoms with Crippen LogP contribution in [-0.4, -0.2) is 53.5 Å². The Kier molecular flexibility index (Phi) is 5.14. The first-order chi connectivity index (χ1) is 15.5. The van der Waals surface area contributed by atoms with Crippen LogP contribution >= 0.6 is 11.6 Å². The van der Waals surface area contributed by atoms with Gasteiger partial charge in [-0.3, -0.25) is 4.98 Å². The van der Waals surface area contributed by atoms with Gasteiger partial charge < -0.3 is 14.6 Å². The minimum absolute atomic E-state index is 0.0798. The zero-order valence-electron chi connectivity index (χ0n) is 17.4. The van der Waals surface area contributed by atoms with Crippen LogP contribution in [0.2, 0.25) is 5.02 Å². The van der Waals surface area contributed by atoms with Gasteiger partial charge in [0.1, 0.15) is 12.7 Å². The molecule has 4 aromatic rings. The van der Waals surface area contributed by atoms with Crippen LogP contribution < -0.4 is 0 Å². The van der Waals surface area contributed by atoms with Gasteiger partial charge in [-0.1, -0.05) is 24.6 Å². The Morgan fingerprint density at radius 3 is 2.88 bits per heavy atom. The Labute approximate surface area is 189 Å². The van der Waals surface area contributed by atoms with Crippen molar-refractivity contribution in [3.05, 3.63) is 77.7 Å². The summed E-state index contributed by atoms with van der Waals surface area (Å²) in [4.78, 5) is 21.3. The summed E-state index contributed by atoms with van der Waals surface area (Å²) >= 11 is 6.61. The summed E-state index contributed by atoms with van der Waals surface area (Å²) in [5.74, 6) is 0.0798. The van der Waals surface area contributed by atoms with E-state index in [-0.39, 0.29) is 5.92 Å². The fourth-order valence-corrected chi connectivity index (χ4v) is 4.41. The zero-order chi connectivity index (χ0) is 22.2. The van der Waals surface area contributed by atoms with Gasteiger partial charge in [-0.2, -0.15) is 5.10 Å². The normalized spacial score (nSPS) is 16.4. The first kappa shape index (κ1) is 20.3. The van der Waals surface area contributed by atoms with Crippen molar-refractivity contribution in [3.8, 4) is 5.69 Å². The Balaban J connectivity index is 1.38. The molecule has 1 amide bonds. The Morgan fingerprint density at radius 2 is 2.16 bits per heavy atom. The molecular weight excluding hydrogens is 428 g/mol. The van der Waals surface area contributed by atoms with Crippen molar-refractivity contribution in [1.82, 2.24) is 29.2 Å². The zero-order valence-corrected chi connectivity index (χ0v) is 18.1. The van der Waals surface area contributed by atoms with Crippen LogP contribution in [0.1, 0.15) is 18.2 Å². The highest BCUT2D eigenvalue weighted by Gasteiger charge is 2.23. The molecule has 0 radical (unpaired) electrons. The number of halogens is 1. The molecular formula is C23H21ClN6O2. The van der Waals surface area contributed by atoms with E-state index in [0.29, 0.717) is 24.7 Å². The number of fused-ring (bicyclic) bond motifs is 1. The summed E-state index contributed by atoms with van der Waals surface area (Å²) in [6, 6.07) is 10.1. The molecule has 9 heteroatoms. The van der Waals surface area contributed by atoms with E-state index >= 15 is 0 Å². The molecule has 0 bridgehead atoms. The summed E-state index contributed by atoms with van der Waals surface area (Å²) in [7, 11) is 0. The van der Waals surface area contributed by atoms with Crippen LogP contribution in [0.4, 0.5) is 4.79 Å². The third-order valence-corrected chi connectivity index (χ3v) is 6.16. The topological polar surface area (TPSA) is 89.1 Å². The van der Waals surface area contributed by atoms with E-state index in [4.69, 9.17) is 11.6 Å². The lowest BCUT2D eigenvalue weighted by Crippen LogP contribution is -2.37. The van der Waals surface area contributed by atoms with Crippen molar-refractivity contribution in [2.75, 3.05) is 13.1 Å². The fraction of sp³-hybridized carbons (Fsp3) is 0.217. The number of hydrogen-bond donors (Lipinski definition) is 1. The smallest absolute Gasteiger partial charge is 0.407 e. The van der Waals surface area contributed by atoms with Gasteiger partial charge >= 0.3 is 6.09 Å². The van der Waals surface area contributed by atoms with E-state index in [1.807, 2.05) is 37.5 Å². The highest BCUT2D eigenvalue weighted by Crippen LogP contribution is 2.30. The predicted octanol–water partition coefficient (Wildman–Crippen LogP) is 4.33. The van der Waals surface area contributed by atoms with Crippen LogP contribution in [0, 0.1) is 5.92 Å². The number of carbonyl (C=O) groups is 1. The molecule has 0 saturated heterocycles. The highest BCUT2D eigenvalue weighted by molar-refractivity contribution is 6.31. The number of amides is 1. The monoisotopic (exact) mass is 448 g/mol. The number of hydrogen-bond acceptors (Lipinski definition) is 4. The SMILES string of the molecule is CC1CN(C(=O)O)CC=C1c1cnc(Cn2ccc3cc(-n4cncn4)ccc32)c(Cl)c1. The van der Waals surface area contributed by atoms with E-state index in [1.165, 1.54) is 11.2 Å². The molecule has 1 aliphatic heterocycles. The quantitative estimate of drug-likeness (QED) is 0.502. The molecule has 0 fully saturated rings. The average molecular weight is 449 g/mol. The van der Waals surface area contributed by atoms with Gasteiger partial charge in [0.15, 0.2) is 0 Å². The third-order valence-electron chi connectivity index (χ3n) is 5.84. The summed E-state index contributed by atoms with van der Waals surface area (Å²) < 4.78 is 3.84. The van der Waals surface area contributed by atoms with Gasteiger partial charge in [0, 0.05) is 36.4 Å². The predicted molar refractivity (Wildman–Crippen MR) is 122 cm³/mol. The molecule has 3 aromatic heterocycles. The Morgan fingerprint density at radius 1 is 1.28 bits per heavy atom. The van der Waals surface area contributed by atoms with E-state index in [9.17, 15) is 9.90 Å². The minimum atomic E-state index is -0.897. The lowest BCUT2D eigenvalue weighted by molar-refractivity contribution is 0.145. The number of nitrogens with zero attached hydrogens (tertiary/aromatic N) is 6. The number of rotatable bonds is 4. The van der Waals surface area contributed by atoms with Crippen molar-refractivity contribution < 1.29 is 9.90 Å². The molecule has 5 rings (SSSR count). The third kappa shape index (κ3) is 3.73. The van der Waals surface area contributed by atoms with Crippen molar-refractivity contribution in [1.29, 1.82) is 0 Å². The van der Waals surface area contributed by atoms with Gasteiger partial charge in [0.2, 0.25) is 0 Å². The molecule has 1 aromatic carbocycles. The van der Waals surface area contributed by atoms with Gasteiger partial charge in [-0.15, -0.1) is 0 Å². The first-order valence-electron chi connectivity index (χ1n) is 10.3. The molecule has 1 N–H and O–H groups in total. The maximum absolute atomic E-state index is 11.2. The van der Waals surface area contributed by atoms with Crippen LogP contribution in [0.15, 0.2) is 61.5 Å².